The van der Waals surface area contributed by atoms with Crippen molar-refractivity contribution in [1.82, 2.24) is 15.2 Å². The number of nitrogens with zero attached hydrogens (tertiary/aromatic N) is 2. The molecule has 0 unspecified atom stereocenters. The van der Waals surface area contributed by atoms with Crippen molar-refractivity contribution in [3.05, 3.63) is 30.1 Å². The van der Waals surface area contributed by atoms with Gasteiger partial charge >= 0.3 is 0 Å². The maximum atomic E-state index is 12.4. The first kappa shape index (κ1) is 15.0. The predicted molar refractivity (Wildman–Crippen MR) is 80.2 cm³/mol. The van der Waals surface area contributed by atoms with Gasteiger partial charge in [0, 0.05) is 37.9 Å². The Kier molecular flexibility index (Phi) is 5.12. The van der Waals surface area contributed by atoms with Gasteiger partial charge in [0.05, 0.1) is 0 Å². The van der Waals surface area contributed by atoms with Crippen LogP contribution in [-0.4, -0.2) is 35.4 Å². The first-order chi connectivity index (χ1) is 9.65. The molecule has 4 nitrogen and oxygen atoms in total. The largest absolute Gasteiger partial charge is 0.341 e. The minimum atomic E-state index is 0.0124. The van der Waals surface area contributed by atoms with Gasteiger partial charge < -0.3 is 10.2 Å². The molecule has 1 fully saturated rings. The zero-order valence-corrected chi connectivity index (χ0v) is 12.6. The van der Waals surface area contributed by atoms with Gasteiger partial charge in [-0.2, -0.15) is 0 Å². The van der Waals surface area contributed by atoms with Gasteiger partial charge in [-0.1, -0.05) is 25.3 Å². The highest BCUT2D eigenvalue weighted by atomic mass is 16.2. The fourth-order valence-electron chi connectivity index (χ4n) is 3.02. The maximum Gasteiger partial charge on any atom is 0.224 e. The number of pyridine rings is 1. The van der Waals surface area contributed by atoms with Gasteiger partial charge in [0.25, 0.3) is 0 Å². The van der Waals surface area contributed by atoms with E-state index in [1.165, 1.54) is 19.3 Å². The molecule has 0 bridgehead atoms. The number of hydrogen-bond acceptors (Lipinski definition) is 3. The summed E-state index contributed by atoms with van der Waals surface area (Å²) in [6.07, 6.45) is 10.1. The summed E-state index contributed by atoms with van der Waals surface area (Å²) in [4.78, 5) is 18.3. The fourth-order valence-corrected chi connectivity index (χ4v) is 3.02. The van der Waals surface area contributed by atoms with Gasteiger partial charge in [0.2, 0.25) is 5.91 Å². The van der Waals surface area contributed by atoms with Crippen molar-refractivity contribution in [1.29, 1.82) is 0 Å². The summed E-state index contributed by atoms with van der Waals surface area (Å²) in [5.74, 6) is 0.213. The molecule has 1 heterocycles. The van der Waals surface area contributed by atoms with Crippen LogP contribution in [0.4, 0.5) is 0 Å². The highest BCUT2D eigenvalue weighted by Crippen LogP contribution is 2.31. The first-order valence-corrected chi connectivity index (χ1v) is 7.47. The molecule has 1 N–H and O–H groups in total. The number of rotatable bonds is 5. The van der Waals surface area contributed by atoms with E-state index in [1.54, 1.807) is 6.20 Å². The Labute approximate surface area is 121 Å². The SMILES string of the molecule is CNC1(CC(=O)N(C)Cc2cccnc2)CCCCC1. The number of amides is 1. The third-order valence-corrected chi connectivity index (χ3v) is 4.40. The van der Waals surface area contributed by atoms with Crippen molar-refractivity contribution in [2.75, 3.05) is 14.1 Å². The Hall–Kier alpha value is -1.42. The van der Waals surface area contributed by atoms with Crippen molar-refractivity contribution in [3.8, 4) is 0 Å². The molecule has 20 heavy (non-hydrogen) atoms. The topological polar surface area (TPSA) is 45.2 Å². The molecule has 0 spiro atoms. The molecular formula is C16H25N3O. The minimum Gasteiger partial charge on any atom is -0.341 e. The van der Waals surface area contributed by atoms with Crippen LogP contribution in [0.1, 0.15) is 44.1 Å². The van der Waals surface area contributed by atoms with E-state index >= 15 is 0 Å². The van der Waals surface area contributed by atoms with Gasteiger partial charge in [0.1, 0.15) is 0 Å². The molecule has 1 aliphatic carbocycles. The van der Waals surface area contributed by atoms with Crippen LogP contribution in [0.2, 0.25) is 0 Å². The smallest absolute Gasteiger partial charge is 0.224 e. The molecule has 0 radical (unpaired) electrons. The molecule has 1 amide bonds. The van der Waals surface area contributed by atoms with E-state index in [9.17, 15) is 4.79 Å². The summed E-state index contributed by atoms with van der Waals surface area (Å²) in [6.45, 7) is 0.631. The molecule has 1 aliphatic rings. The Morgan fingerprint density at radius 3 is 2.75 bits per heavy atom. The second kappa shape index (κ2) is 6.84. The van der Waals surface area contributed by atoms with Crippen molar-refractivity contribution in [2.24, 2.45) is 0 Å². The van der Waals surface area contributed by atoms with Gasteiger partial charge in [-0.15, -0.1) is 0 Å². The van der Waals surface area contributed by atoms with Gasteiger partial charge in [-0.05, 0) is 31.5 Å². The van der Waals surface area contributed by atoms with E-state index in [1.807, 2.05) is 37.3 Å². The van der Waals surface area contributed by atoms with Gasteiger partial charge in [-0.25, -0.2) is 0 Å². The molecule has 1 saturated carbocycles. The third-order valence-electron chi connectivity index (χ3n) is 4.40. The summed E-state index contributed by atoms with van der Waals surface area (Å²) in [5, 5.41) is 3.41. The minimum absolute atomic E-state index is 0.0124. The van der Waals surface area contributed by atoms with Crippen LogP contribution in [-0.2, 0) is 11.3 Å². The van der Waals surface area contributed by atoms with E-state index in [4.69, 9.17) is 0 Å². The van der Waals surface area contributed by atoms with E-state index in [-0.39, 0.29) is 11.4 Å². The summed E-state index contributed by atoms with van der Waals surface area (Å²) in [5.41, 5.74) is 1.09. The third kappa shape index (κ3) is 3.79. The van der Waals surface area contributed by atoms with Crippen molar-refractivity contribution < 1.29 is 4.79 Å². The Morgan fingerprint density at radius 2 is 2.15 bits per heavy atom. The van der Waals surface area contributed by atoms with E-state index in [2.05, 4.69) is 10.3 Å². The van der Waals surface area contributed by atoms with Crippen LogP contribution in [0.25, 0.3) is 0 Å². The van der Waals surface area contributed by atoms with Crippen LogP contribution in [0.5, 0.6) is 0 Å². The zero-order chi connectivity index (χ0) is 14.4. The molecule has 2 rings (SSSR count). The lowest BCUT2D eigenvalue weighted by atomic mass is 9.79. The molecule has 110 valence electrons. The van der Waals surface area contributed by atoms with E-state index in [0.29, 0.717) is 13.0 Å². The summed E-state index contributed by atoms with van der Waals surface area (Å²) in [7, 11) is 3.86. The summed E-state index contributed by atoms with van der Waals surface area (Å²) < 4.78 is 0. The van der Waals surface area contributed by atoms with Gasteiger partial charge in [-0.3, -0.25) is 9.78 Å². The summed E-state index contributed by atoms with van der Waals surface area (Å²) >= 11 is 0. The molecule has 0 aliphatic heterocycles. The fraction of sp³-hybridized carbons (Fsp3) is 0.625. The molecule has 0 atom stereocenters. The standard InChI is InChI=1S/C16H25N3O/c1-17-16(8-4-3-5-9-16)11-15(20)19(2)13-14-7-6-10-18-12-14/h6-7,10,12,17H,3-5,8-9,11,13H2,1-2H3. The lowest BCUT2D eigenvalue weighted by Gasteiger charge is -2.37. The Balaban J connectivity index is 1.93. The lowest BCUT2D eigenvalue weighted by molar-refractivity contribution is -0.132. The second-order valence-electron chi connectivity index (χ2n) is 5.88. The van der Waals surface area contributed by atoms with E-state index in [0.717, 1.165) is 18.4 Å². The normalized spacial score (nSPS) is 17.7. The molecule has 1 aromatic heterocycles. The van der Waals surface area contributed by atoms with Crippen LogP contribution in [0.3, 0.4) is 0 Å². The van der Waals surface area contributed by atoms with E-state index < -0.39 is 0 Å². The van der Waals surface area contributed by atoms with Crippen LogP contribution >= 0.6 is 0 Å². The van der Waals surface area contributed by atoms with Crippen LogP contribution in [0, 0.1) is 0 Å². The van der Waals surface area contributed by atoms with Crippen molar-refractivity contribution >= 4 is 5.91 Å². The second-order valence-corrected chi connectivity index (χ2v) is 5.88. The highest BCUT2D eigenvalue weighted by Gasteiger charge is 2.33. The number of hydrogen-bond donors (Lipinski definition) is 1. The molecule has 1 aromatic rings. The van der Waals surface area contributed by atoms with Crippen LogP contribution in [0.15, 0.2) is 24.5 Å². The Morgan fingerprint density at radius 1 is 1.40 bits per heavy atom. The lowest BCUT2D eigenvalue weighted by Crippen LogP contribution is -2.48. The molecule has 0 saturated heterocycles. The number of carbonyl (C=O) groups is 1. The molecular weight excluding hydrogens is 250 g/mol. The molecule has 4 heteroatoms. The van der Waals surface area contributed by atoms with Gasteiger partial charge in [0.15, 0.2) is 0 Å². The summed E-state index contributed by atoms with van der Waals surface area (Å²) in [6, 6.07) is 3.91. The predicted octanol–water partition coefficient (Wildman–Crippen LogP) is 2.35. The first-order valence-electron chi connectivity index (χ1n) is 7.47. The quantitative estimate of drug-likeness (QED) is 0.897. The van der Waals surface area contributed by atoms with Crippen LogP contribution < -0.4 is 5.32 Å². The molecule has 0 aromatic carbocycles. The number of nitrogens with one attached hydrogen (secondary N) is 1. The number of carbonyl (C=O) groups excluding carboxylic acids is 1. The average molecular weight is 275 g/mol. The average Bonchev–Trinajstić information content (AvgIpc) is 2.49. The maximum absolute atomic E-state index is 12.4. The van der Waals surface area contributed by atoms with Crippen molar-refractivity contribution in [2.45, 2.75) is 50.6 Å². The van der Waals surface area contributed by atoms with Crippen molar-refractivity contribution in [3.63, 3.8) is 0 Å². The Bertz CT molecular complexity index is 427. The number of aromatic nitrogens is 1. The highest BCUT2D eigenvalue weighted by molar-refractivity contribution is 5.77. The monoisotopic (exact) mass is 275 g/mol. The zero-order valence-electron chi connectivity index (χ0n) is 12.6.